The van der Waals surface area contributed by atoms with Crippen molar-refractivity contribution in [2.45, 2.75) is 13.3 Å². The molecule has 1 amide bonds. The van der Waals surface area contributed by atoms with Crippen LogP contribution in [0.25, 0.3) is 0 Å². The van der Waals surface area contributed by atoms with Crippen LogP contribution in [0.3, 0.4) is 0 Å². The number of carbonyl (C=O) groups excluding carboxylic acids is 2. The number of benzene rings is 2. The number of anilines is 1. The normalized spacial score (nSPS) is 9.96. The summed E-state index contributed by atoms with van der Waals surface area (Å²) in [6.45, 7) is 2.30. The van der Waals surface area contributed by atoms with E-state index in [4.69, 9.17) is 26.4 Å². The highest BCUT2D eigenvalue weighted by Crippen LogP contribution is 2.28. The van der Waals surface area contributed by atoms with E-state index >= 15 is 0 Å². The molecule has 0 saturated heterocycles. The van der Waals surface area contributed by atoms with Gasteiger partial charge in [0.2, 0.25) is 0 Å². The molecule has 0 bridgehead atoms. The molecule has 28 heavy (non-hydrogen) atoms. The van der Waals surface area contributed by atoms with Crippen LogP contribution in [0.15, 0.2) is 42.5 Å². The summed E-state index contributed by atoms with van der Waals surface area (Å²) in [5, 5.41) is 5.58. The Hall–Kier alpha value is -3.13. The number of methoxy groups -OCH3 is 2. The van der Waals surface area contributed by atoms with Gasteiger partial charge in [0.1, 0.15) is 17.1 Å². The maximum Gasteiger partial charge on any atom is 0.338 e. The van der Waals surface area contributed by atoms with Crippen molar-refractivity contribution in [3.63, 3.8) is 0 Å². The van der Waals surface area contributed by atoms with Crippen molar-refractivity contribution in [1.82, 2.24) is 5.32 Å². The number of hydrogen-bond donors (Lipinski definition) is 2. The minimum atomic E-state index is -0.466. The monoisotopic (exact) mass is 402 g/mol. The smallest absolute Gasteiger partial charge is 0.338 e. The van der Waals surface area contributed by atoms with Crippen molar-refractivity contribution in [3.05, 3.63) is 53.6 Å². The van der Waals surface area contributed by atoms with Crippen LogP contribution < -0.4 is 20.1 Å². The SMILES string of the molecule is CCCOC(=O)c1ccc(NC(=S)NC(=O)c2c(OC)cccc2OC)cc1. The fourth-order valence-electron chi connectivity index (χ4n) is 2.37. The molecule has 0 unspecified atom stereocenters. The summed E-state index contributed by atoms with van der Waals surface area (Å²) in [5.74, 6) is -0.108. The van der Waals surface area contributed by atoms with Crippen LogP contribution in [0, 0.1) is 0 Å². The van der Waals surface area contributed by atoms with E-state index in [-0.39, 0.29) is 16.6 Å². The molecule has 0 spiro atoms. The van der Waals surface area contributed by atoms with Crippen LogP contribution in [-0.2, 0) is 4.74 Å². The fraction of sp³-hybridized carbons (Fsp3) is 0.250. The molecule has 7 nitrogen and oxygen atoms in total. The molecule has 8 heteroatoms. The average molecular weight is 402 g/mol. The molecular formula is C20H22N2O5S. The number of esters is 1. The average Bonchev–Trinajstić information content (AvgIpc) is 2.71. The molecule has 2 aromatic rings. The first kappa shape index (κ1) is 21.2. The second kappa shape index (κ2) is 10.3. The zero-order valence-electron chi connectivity index (χ0n) is 15.9. The van der Waals surface area contributed by atoms with Gasteiger partial charge >= 0.3 is 5.97 Å². The summed E-state index contributed by atoms with van der Waals surface area (Å²) >= 11 is 5.20. The van der Waals surface area contributed by atoms with Gasteiger partial charge in [0.15, 0.2) is 5.11 Å². The zero-order valence-corrected chi connectivity index (χ0v) is 16.7. The highest BCUT2D eigenvalue weighted by Gasteiger charge is 2.19. The lowest BCUT2D eigenvalue weighted by Crippen LogP contribution is -2.34. The fourth-order valence-corrected chi connectivity index (χ4v) is 2.58. The standard InChI is InChI=1S/C20H22N2O5S/c1-4-12-27-19(24)13-8-10-14(11-9-13)21-20(28)22-18(23)17-15(25-2)6-5-7-16(17)26-3/h5-11H,4,12H2,1-3H3,(H2,21,22,23,28). The van der Waals surface area contributed by atoms with Crippen LogP contribution in [0.1, 0.15) is 34.1 Å². The molecule has 0 heterocycles. The van der Waals surface area contributed by atoms with Crippen molar-refractivity contribution in [1.29, 1.82) is 0 Å². The molecule has 0 fully saturated rings. The lowest BCUT2D eigenvalue weighted by Gasteiger charge is -2.14. The zero-order chi connectivity index (χ0) is 20.5. The number of nitrogens with one attached hydrogen (secondary N) is 2. The van der Waals surface area contributed by atoms with Gasteiger partial charge in [-0.15, -0.1) is 0 Å². The maximum atomic E-state index is 12.6. The van der Waals surface area contributed by atoms with Crippen LogP contribution in [-0.4, -0.2) is 37.8 Å². The Kier molecular flexibility index (Phi) is 7.76. The predicted octanol–water partition coefficient (Wildman–Crippen LogP) is 3.40. The third-order valence-corrected chi connectivity index (χ3v) is 3.90. The summed E-state index contributed by atoms with van der Waals surface area (Å²) in [4.78, 5) is 24.4. The third kappa shape index (κ3) is 5.43. The van der Waals surface area contributed by atoms with Gasteiger partial charge in [0, 0.05) is 5.69 Å². The lowest BCUT2D eigenvalue weighted by molar-refractivity contribution is 0.0505. The highest BCUT2D eigenvalue weighted by molar-refractivity contribution is 7.80. The number of hydrogen-bond acceptors (Lipinski definition) is 6. The van der Waals surface area contributed by atoms with Gasteiger partial charge in [-0.05, 0) is 55.0 Å². The van der Waals surface area contributed by atoms with Crippen LogP contribution >= 0.6 is 12.2 Å². The molecule has 2 N–H and O–H groups in total. The van der Waals surface area contributed by atoms with Crippen LogP contribution in [0.2, 0.25) is 0 Å². The van der Waals surface area contributed by atoms with Gasteiger partial charge in [-0.3, -0.25) is 10.1 Å². The van der Waals surface area contributed by atoms with E-state index in [9.17, 15) is 9.59 Å². The van der Waals surface area contributed by atoms with Crippen molar-refractivity contribution >= 4 is 34.9 Å². The molecule has 0 aliphatic heterocycles. The molecule has 2 rings (SSSR count). The van der Waals surface area contributed by atoms with E-state index in [0.717, 1.165) is 6.42 Å². The van der Waals surface area contributed by atoms with E-state index in [2.05, 4.69) is 10.6 Å². The minimum Gasteiger partial charge on any atom is -0.496 e. The molecule has 0 aliphatic carbocycles. The molecule has 148 valence electrons. The van der Waals surface area contributed by atoms with Gasteiger partial charge in [0.25, 0.3) is 5.91 Å². The summed E-state index contributed by atoms with van der Waals surface area (Å²) in [7, 11) is 2.93. The molecular weight excluding hydrogens is 380 g/mol. The Morgan fingerprint density at radius 2 is 1.61 bits per heavy atom. The summed E-state index contributed by atoms with van der Waals surface area (Å²) < 4.78 is 15.5. The Morgan fingerprint density at radius 1 is 1.00 bits per heavy atom. The molecule has 2 aromatic carbocycles. The van der Waals surface area contributed by atoms with Gasteiger partial charge in [-0.25, -0.2) is 4.79 Å². The Balaban J connectivity index is 2.03. The second-order valence-corrected chi connectivity index (χ2v) is 6.07. The molecule has 0 radical (unpaired) electrons. The van der Waals surface area contributed by atoms with Gasteiger partial charge in [0.05, 0.1) is 26.4 Å². The summed E-state index contributed by atoms with van der Waals surface area (Å²) in [6.07, 6.45) is 0.760. The van der Waals surface area contributed by atoms with E-state index in [1.165, 1.54) is 14.2 Å². The van der Waals surface area contributed by atoms with Gasteiger partial charge in [-0.1, -0.05) is 13.0 Å². The maximum absolute atomic E-state index is 12.6. The number of rotatable bonds is 7. The predicted molar refractivity (Wildman–Crippen MR) is 110 cm³/mol. The van der Waals surface area contributed by atoms with E-state index < -0.39 is 5.91 Å². The number of ether oxygens (including phenoxy) is 3. The Bertz CT molecular complexity index is 830. The van der Waals surface area contributed by atoms with E-state index in [1.807, 2.05) is 6.92 Å². The van der Waals surface area contributed by atoms with Gasteiger partial charge in [-0.2, -0.15) is 0 Å². The van der Waals surface area contributed by atoms with Crippen molar-refractivity contribution in [2.24, 2.45) is 0 Å². The molecule has 0 aliphatic rings. The Morgan fingerprint density at radius 3 is 2.14 bits per heavy atom. The number of amides is 1. The van der Waals surface area contributed by atoms with Crippen molar-refractivity contribution < 1.29 is 23.8 Å². The first-order valence-electron chi connectivity index (χ1n) is 8.60. The Labute approximate surface area is 169 Å². The molecule has 0 saturated carbocycles. The highest BCUT2D eigenvalue weighted by atomic mass is 32.1. The number of thiocarbonyl (C=S) groups is 1. The molecule has 0 aromatic heterocycles. The van der Waals surface area contributed by atoms with Crippen molar-refractivity contribution in [2.75, 3.05) is 26.1 Å². The van der Waals surface area contributed by atoms with E-state index in [1.54, 1.807) is 42.5 Å². The lowest BCUT2D eigenvalue weighted by atomic mass is 10.1. The third-order valence-electron chi connectivity index (χ3n) is 3.70. The van der Waals surface area contributed by atoms with Crippen LogP contribution in [0.4, 0.5) is 5.69 Å². The summed E-state index contributed by atoms with van der Waals surface area (Å²) in [6, 6.07) is 11.6. The minimum absolute atomic E-state index is 0.0965. The van der Waals surface area contributed by atoms with Crippen molar-refractivity contribution in [3.8, 4) is 11.5 Å². The topological polar surface area (TPSA) is 85.9 Å². The quantitative estimate of drug-likeness (QED) is 0.542. The first-order valence-corrected chi connectivity index (χ1v) is 9.01. The van der Waals surface area contributed by atoms with Gasteiger partial charge < -0.3 is 19.5 Å². The van der Waals surface area contributed by atoms with E-state index in [0.29, 0.717) is 29.4 Å². The summed E-state index contributed by atoms with van der Waals surface area (Å²) in [5.41, 5.74) is 1.29. The number of carbonyl (C=O) groups is 2. The second-order valence-electron chi connectivity index (χ2n) is 5.66. The molecule has 0 atom stereocenters. The largest absolute Gasteiger partial charge is 0.496 e. The first-order chi connectivity index (χ1) is 13.5. The van der Waals surface area contributed by atoms with Crippen LogP contribution in [0.5, 0.6) is 11.5 Å².